The maximum atomic E-state index is 13.7. The molecule has 2 aromatic carbocycles. The molecule has 2 atom stereocenters. The Kier molecular flexibility index (Phi) is 5.23. The van der Waals surface area contributed by atoms with Crippen LogP contribution in [-0.4, -0.2) is 24.0 Å². The molecular formula is C21H19FN4O3S. The summed E-state index contributed by atoms with van der Waals surface area (Å²) in [6.45, 7) is 0. The Morgan fingerprint density at radius 1 is 1.07 bits per heavy atom. The van der Waals surface area contributed by atoms with Crippen molar-refractivity contribution in [3.8, 4) is 11.1 Å². The molecule has 4 rings (SSSR count). The van der Waals surface area contributed by atoms with Gasteiger partial charge in [-0.1, -0.05) is 54.6 Å². The molecule has 1 aliphatic carbocycles. The summed E-state index contributed by atoms with van der Waals surface area (Å²) in [7, 11) is -3.80. The van der Waals surface area contributed by atoms with Gasteiger partial charge in [-0.2, -0.15) is 4.98 Å². The van der Waals surface area contributed by atoms with E-state index in [1.54, 1.807) is 24.3 Å². The molecule has 0 saturated heterocycles. The van der Waals surface area contributed by atoms with Crippen LogP contribution in [0, 0.1) is 5.82 Å². The second-order valence-electron chi connectivity index (χ2n) is 6.97. The van der Waals surface area contributed by atoms with Crippen LogP contribution in [0.3, 0.4) is 0 Å². The number of allylic oxidation sites excluding steroid dienone is 1. The lowest BCUT2D eigenvalue weighted by Gasteiger charge is -2.16. The van der Waals surface area contributed by atoms with Gasteiger partial charge < -0.3 is 5.73 Å². The van der Waals surface area contributed by atoms with Crippen molar-refractivity contribution in [3.05, 3.63) is 89.2 Å². The van der Waals surface area contributed by atoms with Gasteiger partial charge >= 0.3 is 5.69 Å². The van der Waals surface area contributed by atoms with Gasteiger partial charge in [-0.25, -0.2) is 22.3 Å². The highest BCUT2D eigenvalue weighted by atomic mass is 32.2. The van der Waals surface area contributed by atoms with Crippen molar-refractivity contribution in [2.24, 2.45) is 0 Å². The summed E-state index contributed by atoms with van der Waals surface area (Å²) in [5, 5.41) is 0. The molecule has 0 amide bonds. The lowest BCUT2D eigenvalue weighted by Crippen LogP contribution is -2.34. The Morgan fingerprint density at radius 3 is 2.57 bits per heavy atom. The topological polar surface area (TPSA) is 107 Å². The summed E-state index contributed by atoms with van der Waals surface area (Å²) in [6.07, 6.45) is 4.53. The van der Waals surface area contributed by atoms with Crippen molar-refractivity contribution in [3.63, 3.8) is 0 Å². The van der Waals surface area contributed by atoms with Gasteiger partial charge in [0.1, 0.15) is 0 Å². The molecule has 9 heteroatoms. The van der Waals surface area contributed by atoms with E-state index in [0.29, 0.717) is 0 Å². The third-order valence-electron chi connectivity index (χ3n) is 4.91. The SMILES string of the molecule is Nc1nc(=O)n(C2C=CC(NS(=O)(=O)c3cccc(-c4ccccc4)c3)C2)cc1F. The zero-order valence-electron chi connectivity index (χ0n) is 15.8. The van der Waals surface area contributed by atoms with Crippen LogP contribution in [0.5, 0.6) is 0 Å². The minimum atomic E-state index is -3.80. The van der Waals surface area contributed by atoms with E-state index < -0.39 is 39.4 Å². The first-order valence-electron chi connectivity index (χ1n) is 9.24. The second-order valence-corrected chi connectivity index (χ2v) is 8.69. The van der Waals surface area contributed by atoms with E-state index in [2.05, 4.69) is 9.71 Å². The summed E-state index contributed by atoms with van der Waals surface area (Å²) in [4.78, 5) is 15.6. The number of nitrogen functional groups attached to an aromatic ring is 1. The number of aromatic nitrogens is 2. The third-order valence-corrected chi connectivity index (χ3v) is 6.40. The van der Waals surface area contributed by atoms with Crippen molar-refractivity contribution in [2.45, 2.75) is 23.4 Å². The fraction of sp³-hybridized carbons (Fsp3) is 0.143. The minimum absolute atomic E-state index is 0.137. The molecule has 1 aromatic heterocycles. The second kappa shape index (κ2) is 7.85. The molecule has 3 N–H and O–H groups in total. The molecule has 0 bridgehead atoms. The van der Waals surface area contributed by atoms with Gasteiger partial charge in [-0.05, 0) is 29.7 Å². The first-order chi connectivity index (χ1) is 14.3. The van der Waals surface area contributed by atoms with Gasteiger partial charge in [0, 0.05) is 12.2 Å². The molecule has 154 valence electrons. The normalized spacial score (nSPS) is 18.6. The van der Waals surface area contributed by atoms with E-state index in [4.69, 9.17) is 5.73 Å². The number of hydrogen-bond donors (Lipinski definition) is 2. The Hall–Kier alpha value is -3.30. The number of nitrogens with one attached hydrogen (secondary N) is 1. The van der Waals surface area contributed by atoms with Crippen molar-refractivity contribution < 1.29 is 12.8 Å². The van der Waals surface area contributed by atoms with Crippen molar-refractivity contribution >= 4 is 15.8 Å². The number of rotatable bonds is 5. The van der Waals surface area contributed by atoms with Gasteiger partial charge in [-0.15, -0.1) is 0 Å². The maximum absolute atomic E-state index is 13.7. The summed E-state index contributed by atoms with van der Waals surface area (Å²) in [6, 6.07) is 15.1. The molecule has 0 aliphatic heterocycles. The van der Waals surface area contributed by atoms with E-state index in [1.807, 2.05) is 36.4 Å². The molecule has 30 heavy (non-hydrogen) atoms. The molecule has 1 heterocycles. The van der Waals surface area contributed by atoms with E-state index in [9.17, 15) is 17.6 Å². The average Bonchev–Trinajstić information content (AvgIpc) is 3.19. The van der Waals surface area contributed by atoms with E-state index >= 15 is 0 Å². The van der Waals surface area contributed by atoms with Gasteiger partial charge in [0.15, 0.2) is 11.6 Å². The fourth-order valence-electron chi connectivity index (χ4n) is 3.41. The van der Waals surface area contributed by atoms with Crippen molar-refractivity contribution in [2.75, 3.05) is 5.73 Å². The first-order valence-corrected chi connectivity index (χ1v) is 10.7. The molecule has 3 aromatic rings. The number of nitrogens with two attached hydrogens (primary N) is 1. The van der Waals surface area contributed by atoms with Crippen LogP contribution in [0.4, 0.5) is 10.2 Å². The first kappa shape index (κ1) is 20.0. The van der Waals surface area contributed by atoms with Gasteiger partial charge in [0.25, 0.3) is 0 Å². The summed E-state index contributed by atoms with van der Waals surface area (Å²) in [5.74, 6) is -1.27. The molecule has 0 fully saturated rings. The summed E-state index contributed by atoms with van der Waals surface area (Å²) in [5.41, 5.74) is 6.31. The number of benzene rings is 2. The largest absolute Gasteiger partial charge is 0.381 e. The van der Waals surface area contributed by atoms with E-state index in [0.717, 1.165) is 21.9 Å². The minimum Gasteiger partial charge on any atom is -0.381 e. The number of anilines is 1. The average molecular weight is 426 g/mol. The predicted molar refractivity (Wildman–Crippen MR) is 112 cm³/mol. The van der Waals surface area contributed by atoms with Crippen LogP contribution in [0.2, 0.25) is 0 Å². The standard InChI is InChI=1S/C21H19FN4O3S/c22-19-13-26(21(27)24-20(19)23)17-10-9-16(12-17)25-30(28,29)18-8-4-7-15(11-18)14-5-2-1-3-6-14/h1-11,13,16-17,25H,12H2,(H2,23,24,27). The smallest absolute Gasteiger partial charge is 0.350 e. The molecule has 0 saturated carbocycles. The zero-order valence-corrected chi connectivity index (χ0v) is 16.6. The van der Waals surface area contributed by atoms with Crippen LogP contribution in [0.15, 0.2) is 82.6 Å². The molecular weight excluding hydrogens is 407 g/mol. The van der Waals surface area contributed by atoms with Crippen LogP contribution in [0.1, 0.15) is 12.5 Å². The Balaban J connectivity index is 1.52. The zero-order chi connectivity index (χ0) is 21.3. The lowest BCUT2D eigenvalue weighted by atomic mass is 10.1. The Morgan fingerprint density at radius 2 is 1.80 bits per heavy atom. The molecule has 0 spiro atoms. The molecule has 2 unspecified atom stereocenters. The van der Waals surface area contributed by atoms with Crippen molar-refractivity contribution in [1.82, 2.24) is 14.3 Å². The number of halogens is 1. The van der Waals surface area contributed by atoms with Gasteiger partial charge in [-0.3, -0.25) is 4.57 Å². The Bertz CT molecular complexity index is 1270. The van der Waals surface area contributed by atoms with E-state index in [-0.39, 0.29) is 11.3 Å². The number of nitrogens with zero attached hydrogens (tertiary/aromatic N) is 2. The molecule has 7 nitrogen and oxygen atoms in total. The number of sulfonamides is 1. The van der Waals surface area contributed by atoms with E-state index in [1.165, 1.54) is 6.07 Å². The van der Waals surface area contributed by atoms with Crippen LogP contribution < -0.4 is 16.1 Å². The Labute approximate surface area is 172 Å². The highest BCUT2D eigenvalue weighted by Gasteiger charge is 2.26. The monoisotopic (exact) mass is 426 g/mol. The molecule has 0 radical (unpaired) electrons. The van der Waals surface area contributed by atoms with Gasteiger partial charge in [0.2, 0.25) is 10.0 Å². The summed E-state index contributed by atoms with van der Waals surface area (Å²) < 4.78 is 43.2. The quantitative estimate of drug-likeness (QED) is 0.610. The molecule has 1 aliphatic rings. The lowest BCUT2D eigenvalue weighted by molar-refractivity contribution is 0.492. The highest BCUT2D eigenvalue weighted by Crippen LogP contribution is 2.26. The summed E-state index contributed by atoms with van der Waals surface area (Å²) >= 11 is 0. The third kappa shape index (κ3) is 4.03. The van der Waals surface area contributed by atoms with Crippen LogP contribution in [0.25, 0.3) is 11.1 Å². The number of hydrogen-bond acceptors (Lipinski definition) is 5. The highest BCUT2D eigenvalue weighted by molar-refractivity contribution is 7.89. The van der Waals surface area contributed by atoms with Crippen LogP contribution in [-0.2, 0) is 10.0 Å². The predicted octanol–water partition coefficient (Wildman–Crippen LogP) is 2.48. The van der Waals surface area contributed by atoms with Crippen molar-refractivity contribution in [1.29, 1.82) is 0 Å². The van der Waals surface area contributed by atoms with Crippen LogP contribution >= 0.6 is 0 Å². The maximum Gasteiger partial charge on any atom is 0.350 e. The van der Waals surface area contributed by atoms with Gasteiger partial charge in [0.05, 0.1) is 10.9 Å². The fourth-order valence-corrected chi connectivity index (χ4v) is 4.66.